The van der Waals surface area contributed by atoms with E-state index in [-0.39, 0.29) is 0 Å². The predicted molar refractivity (Wildman–Crippen MR) is 78.8 cm³/mol. The number of benzene rings is 1. The Labute approximate surface area is 112 Å². The highest BCUT2D eigenvalue weighted by atomic mass is 15.0. The first-order valence-corrected chi connectivity index (χ1v) is 7.61. The quantitative estimate of drug-likeness (QED) is 0.792. The molecule has 18 heavy (non-hydrogen) atoms. The van der Waals surface area contributed by atoms with Gasteiger partial charge in [0.15, 0.2) is 0 Å². The smallest absolute Gasteiger partial charge is 0.0135 e. The van der Waals surface area contributed by atoms with Crippen LogP contribution in [-0.2, 0) is 0 Å². The van der Waals surface area contributed by atoms with E-state index in [4.69, 9.17) is 0 Å². The molecule has 0 saturated heterocycles. The molecule has 1 fully saturated rings. The zero-order chi connectivity index (χ0) is 13.0. The maximum absolute atomic E-state index is 3.77. The fourth-order valence-corrected chi connectivity index (χ4v) is 3.74. The van der Waals surface area contributed by atoms with Crippen LogP contribution < -0.4 is 5.32 Å². The van der Waals surface area contributed by atoms with Gasteiger partial charge >= 0.3 is 0 Å². The average Bonchev–Trinajstić information content (AvgIpc) is 2.40. The van der Waals surface area contributed by atoms with Gasteiger partial charge in [-0.15, -0.1) is 0 Å². The number of hydrogen-bond donors (Lipinski definition) is 1. The summed E-state index contributed by atoms with van der Waals surface area (Å²) in [5, 5.41) is 3.77. The van der Waals surface area contributed by atoms with Gasteiger partial charge in [0.1, 0.15) is 0 Å². The molecule has 2 atom stereocenters. The van der Waals surface area contributed by atoms with Crippen LogP contribution in [-0.4, -0.2) is 12.6 Å². The van der Waals surface area contributed by atoms with Gasteiger partial charge in [-0.1, -0.05) is 63.9 Å². The van der Waals surface area contributed by atoms with E-state index in [1.807, 2.05) is 0 Å². The van der Waals surface area contributed by atoms with E-state index in [0.717, 1.165) is 23.8 Å². The molecule has 2 unspecified atom stereocenters. The van der Waals surface area contributed by atoms with E-state index in [1.165, 1.54) is 25.8 Å². The molecule has 0 aliphatic heterocycles. The lowest BCUT2D eigenvalue weighted by Crippen LogP contribution is -2.56. The summed E-state index contributed by atoms with van der Waals surface area (Å²) in [6, 6.07) is 11.9. The third-order valence-corrected chi connectivity index (χ3v) is 4.60. The van der Waals surface area contributed by atoms with Gasteiger partial charge in [-0.3, -0.25) is 0 Å². The van der Waals surface area contributed by atoms with Crippen LogP contribution in [0.3, 0.4) is 0 Å². The average molecular weight is 245 g/mol. The summed E-state index contributed by atoms with van der Waals surface area (Å²) in [5.74, 6) is 2.42. The van der Waals surface area contributed by atoms with Crippen molar-refractivity contribution in [3.8, 4) is 0 Å². The van der Waals surface area contributed by atoms with Crippen LogP contribution in [0.1, 0.15) is 51.5 Å². The number of rotatable bonds is 6. The van der Waals surface area contributed by atoms with Crippen molar-refractivity contribution in [2.75, 3.05) is 6.54 Å². The van der Waals surface area contributed by atoms with Crippen LogP contribution >= 0.6 is 0 Å². The Morgan fingerprint density at radius 2 is 1.56 bits per heavy atom. The molecular weight excluding hydrogens is 218 g/mol. The standard InChI is InChI=1S/C17H27N/c1-4-12-18-17-14(5-2)16(15(17)6-3)13-10-8-7-9-11-13/h7-11,14-18H,4-6,12H2,1-3H3. The van der Waals surface area contributed by atoms with Gasteiger partial charge in [0.05, 0.1) is 0 Å². The molecule has 0 amide bonds. The lowest BCUT2D eigenvalue weighted by atomic mass is 9.56. The van der Waals surface area contributed by atoms with E-state index in [2.05, 4.69) is 56.4 Å². The summed E-state index contributed by atoms with van der Waals surface area (Å²) in [6.45, 7) is 8.10. The highest BCUT2D eigenvalue weighted by Crippen LogP contribution is 2.50. The van der Waals surface area contributed by atoms with Gasteiger partial charge in [-0.05, 0) is 36.3 Å². The predicted octanol–water partition coefficient (Wildman–Crippen LogP) is 4.20. The van der Waals surface area contributed by atoms with E-state index >= 15 is 0 Å². The van der Waals surface area contributed by atoms with E-state index in [0.29, 0.717) is 0 Å². The Balaban J connectivity index is 2.11. The van der Waals surface area contributed by atoms with Crippen molar-refractivity contribution in [2.45, 2.75) is 52.0 Å². The summed E-state index contributed by atoms with van der Waals surface area (Å²) in [6.07, 6.45) is 3.81. The molecule has 0 spiro atoms. The van der Waals surface area contributed by atoms with Crippen molar-refractivity contribution >= 4 is 0 Å². The maximum atomic E-state index is 3.77. The minimum absolute atomic E-state index is 0.741. The van der Waals surface area contributed by atoms with Crippen LogP contribution in [0.15, 0.2) is 30.3 Å². The fraction of sp³-hybridized carbons (Fsp3) is 0.647. The normalized spacial score (nSPS) is 31.1. The fourth-order valence-electron chi connectivity index (χ4n) is 3.74. The summed E-state index contributed by atoms with van der Waals surface area (Å²) in [5.41, 5.74) is 1.55. The topological polar surface area (TPSA) is 12.0 Å². The Kier molecular flexibility index (Phi) is 4.82. The molecule has 0 radical (unpaired) electrons. The SMILES string of the molecule is CCCNC1C(CC)C(c2ccccc2)C1CC. The summed E-state index contributed by atoms with van der Waals surface area (Å²) in [7, 11) is 0. The summed E-state index contributed by atoms with van der Waals surface area (Å²) < 4.78 is 0. The molecule has 1 aromatic rings. The lowest BCUT2D eigenvalue weighted by molar-refractivity contribution is 0.0619. The monoisotopic (exact) mass is 245 g/mol. The zero-order valence-corrected chi connectivity index (χ0v) is 12.0. The Bertz CT molecular complexity index is 334. The second-order valence-corrected chi connectivity index (χ2v) is 5.56. The number of nitrogens with one attached hydrogen (secondary N) is 1. The molecule has 0 heterocycles. The highest BCUT2D eigenvalue weighted by molar-refractivity contribution is 5.26. The molecule has 1 aliphatic rings. The second-order valence-electron chi connectivity index (χ2n) is 5.56. The minimum atomic E-state index is 0.741. The molecule has 1 saturated carbocycles. The minimum Gasteiger partial charge on any atom is -0.313 e. The van der Waals surface area contributed by atoms with Gasteiger partial charge in [-0.25, -0.2) is 0 Å². The second kappa shape index (κ2) is 6.38. The third-order valence-electron chi connectivity index (χ3n) is 4.60. The molecule has 0 bridgehead atoms. The largest absolute Gasteiger partial charge is 0.313 e. The Hall–Kier alpha value is -0.820. The highest BCUT2D eigenvalue weighted by Gasteiger charge is 2.48. The van der Waals surface area contributed by atoms with Gasteiger partial charge in [0.25, 0.3) is 0 Å². The first-order valence-electron chi connectivity index (χ1n) is 7.61. The van der Waals surface area contributed by atoms with Gasteiger partial charge in [0.2, 0.25) is 0 Å². The van der Waals surface area contributed by atoms with Gasteiger partial charge in [0, 0.05) is 6.04 Å². The Morgan fingerprint density at radius 3 is 2.06 bits per heavy atom. The molecular formula is C17H27N. The van der Waals surface area contributed by atoms with E-state index in [9.17, 15) is 0 Å². The summed E-state index contributed by atoms with van der Waals surface area (Å²) >= 11 is 0. The molecule has 1 nitrogen and oxygen atoms in total. The van der Waals surface area contributed by atoms with Crippen LogP contribution in [0.25, 0.3) is 0 Å². The first-order chi connectivity index (χ1) is 8.83. The summed E-state index contributed by atoms with van der Waals surface area (Å²) in [4.78, 5) is 0. The van der Waals surface area contributed by atoms with Crippen molar-refractivity contribution in [3.63, 3.8) is 0 Å². The van der Waals surface area contributed by atoms with Crippen LogP contribution in [0.5, 0.6) is 0 Å². The van der Waals surface area contributed by atoms with Crippen molar-refractivity contribution in [1.29, 1.82) is 0 Å². The Morgan fingerprint density at radius 1 is 0.944 bits per heavy atom. The molecule has 2 rings (SSSR count). The zero-order valence-electron chi connectivity index (χ0n) is 12.0. The van der Waals surface area contributed by atoms with Crippen molar-refractivity contribution in [1.82, 2.24) is 5.32 Å². The van der Waals surface area contributed by atoms with Crippen LogP contribution in [0, 0.1) is 11.8 Å². The molecule has 100 valence electrons. The van der Waals surface area contributed by atoms with E-state index in [1.54, 1.807) is 5.56 Å². The molecule has 1 heteroatoms. The van der Waals surface area contributed by atoms with Crippen molar-refractivity contribution in [3.05, 3.63) is 35.9 Å². The number of hydrogen-bond acceptors (Lipinski definition) is 1. The first kappa shape index (κ1) is 13.6. The van der Waals surface area contributed by atoms with Crippen LogP contribution in [0.2, 0.25) is 0 Å². The van der Waals surface area contributed by atoms with Crippen molar-refractivity contribution in [2.24, 2.45) is 11.8 Å². The molecule has 1 aliphatic carbocycles. The van der Waals surface area contributed by atoms with Gasteiger partial charge < -0.3 is 5.32 Å². The van der Waals surface area contributed by atoms with Gasteiger partial charge in [-0.2, -0.15) is 0 Å². The van der Waals surface area contributed by atoms with E-state index < -0.39 is 0 Å². The lowest BCUT2D eigenvalue weighted by Gasteiger charge is -2.53. The van der Waals surface area contributed by atoms with Crippen molar-refractivity contribution < 1.29 is 0 Å². The molecule has 1 N–H and O–H groups in total. The third kappa shape index (κ3) is 2.47. The molecule has 0 aromatic heterocycles. The molecule has 1 aromatic carbocycles. The maximum Gasteiger partial charge on any atom is 0.0135 e. The van der Waals surface area contributed by atoms with Crippen LogP contribution in [0.4, 0.5) is 0 Å².